The average molecular weight is 192 g/mol. The fourth-order valence-corrected chi connectivity index (χ4v) is 2.65. The lowest BCUT2D eigenvalue weighted by Gasteiger charge is -2.16. The highest BCUT2D eigenvalue weighted by atomic mass is 14.7. The summed E-state index contributed by atoms with van der Waals surface area (Å²) >= 11 is 0. The smallest absolute Gasteiger partial charge is 0.0184 e. The Morgan fingerprint density at radius 1 is 1.36 bits per heavy atom. The van der Waals surface area contributed by atoms with Gasteiger partial charge in [-0.3, -0.25) is 0 Å². The summed E-state index contributed by atoms with van der Waals surface area (Å²) in [5.74, 6) is 0.507. The first kappa shape index (κ1) is 9.78. The van der Waals surface area contributed by atoms with Crippen molar-refractivity contribution in [3.63, 3.8) is 0 Å². The molecule has 0 aliphatic heterocycles. The Bertz CT molecular complexity index is 325. The molecule has 1 unspecified atom stereocenters. The lowest BCUT2D eigenvalue weighted by Crippen LogP contribution is -2.12. The summed E-state index contributed by atoms with van der Waals surface area (Å²) in [6.45, 7) is 5.16. The van der Waals surface area contributed by atoms with Gasteiger partial charge in [0.25, 0.3) is 0 Å². The normalized spacial score (nSPS) is 17.9. The van der Waals surface area contributed by atoms with Gasteiger partial charge in [0.2, 0.25) is 0 Å². The summed E-state index contributed by atoms with van der Waals surface area (Å²) in [7, 11) is 0. The van der Waals surface area contributed by atoms with Crippen LogP contribution in [0.3, 0.4) is 0 Å². The van der Waals surface area contributed by atoms with E-state index in [2.05, 4.69) is 18.8 Å². The minimum Gasteiger partial charge on any atom is -0.362 e. The SMILES string of the molecule is Cc1[nH]c2c(c1C(C)CN)CCCC2. The second-order valence-corrected chi connectivity index (χ2v) is 4.46. The molecule has 1 aromatic heterocycles. The number of hydrogen-bond acceptors (Lipinski definition) is 1. The molecule has 14 heavy (non-hydrogen) atoms. The molecule has 0 saturated heterocycles. The lowest BCUT2D eigenvalue weighted by molar-refractivity contribution is 0.664. The van der Waals surface area contributed by atoms with Gasteiger partial charge in [-0.25, -0.2) is 0 Å². The molecule has 1 aliphatic rings. The highest BCUT2D eigenvalue weighted by molar-refractivity contribution is 5.40. The van der Waals surface area contributed by atoms with Crippen LogP contribution in [0.2, 0.25) is 0 Å². The molecule has 0 radical (unpaired) electrons. The quantitative estimate of drug-likeness (QED) is 0.741. The van der Waals surface area contributed by atoms with Gasteiger partial charge in [-0.1, -0.05) is 6.92 Å². The van der Waals surface area contributed by atoms with Gasteiger partial charge < -0.3 is 10.7 Å². The molecular weight excluding hydrogens is 172 g/mol. The standard InChI is InChI=1S/C12H20N2/c1-8(7-13)12-9(2)14-11-6-4-3-5-10(11)12/h8,14H,3-7,13H2,1-2H3. The van der Waals surface area contributed by atoms with E-state index in [-0.39, 0.29) is 0 Å². The molecule has 2 heteroatoms. The second kappa shape index (κ2) is 3.77. The molecular formula is C12H20N2. The number of aromatic nitrogens is 1. The van der Waals surface area contributed by atoms with Crippen molar-refractivity contribution in [3.8, 4) is 0 Å². The van der Waals surface area contributed by atoms with Crippen LogP contribution in [0.15, 0.2) is 0 Å². The first-order chi connectivity index (χ1) is 6.74. The summed E-state index contributed by atoms with van der Waals surface area (Å²) < 4.78 is 0. The molecule has 3 N–H and O–H groups in total. The van der Waals surface area contributed by atoms with E-state index >= 15 is 0 Å². The molecule has 0 aromatic carbocycles. The van der Waals surface area contributed by atoms with E-state index in [1.165, 1.54) is 42.6 Å². The summed E-state index contributed by atoms with van der Waals surface area (Å²) in [6, 6.07) is 0. The molecule has 0 amide bonds. The third-order valence-electron chi connectivity index (χ3n) is 3.38. The van der Waals surface area contributed by atoms with Gasteiger partial charge in [0.1, 0.15) is 0 Å². The van der Waals surface area contributed by atoms with Crippen molar-refractivity contribution in [2.75, 3.05) is 6.54 Å². The Balaban J connectivity index is 2.42. The van der Waals surface area contributed by atoms with Crippen molar-refractivity contribution in [1.29, 1.82) is 0 Å². The van der Waals surface area contributed by atoms with Gasteiger partial charge in [-0.05, 0) is 56.2 Å². The molecule has 1 atom stereocenters. The molecule has 0 fully saturated rings. The fourth-order valence-electron chi connectivity index (χ4n) is 2.65. The van der Waals surface area contributed by atoms with E-state index in [1.807, 2.05) is 0 Å². The number of hydrogen-bond donors (Lipinski definition) is 2. The first-order valence-electron chi connectivity index (χ1n) is 5.64. The zero-order valence-corrected chi connectivity index (χ0v) is 9.19. The number of rotatable bonds is 2. The van der Waals surface area contributed by atoms with E-state index < -0.39 is 0 Å². The number of aryl methyl sites for hydroxylation is 2. The highest BCUT2D eigenvalue weighted by Gasteiger charge is 2.20. The van der Waals surface area contributed by atoms with E-state index in [1.54, 1.807) is 5.56 Å². The van der Waals surface area contributed by atoms with Crippen LogP contribution >= 0.6 is 0 Å². The second-order valence-electron chi connectivity index (χ2n) is 4.46. The average Bonchev–Trinajstić information content (AvgIpc) is 2.53. The number of aromatic amines is 1. The first-order valence-corrected chi connectivity index (χ1v) is 5.64. The van der Waals surface area contributed by atoms with E-state index in [0.717, 1.165) is 6.54 Å². The van der Waals surface area contributed by atoms with Gasteiger partial charge in [0.15, 0.2) is 0 Å². The van der Waals surface area contributed by atoms with Gasteiger partial charge >= 0.3 is 0 Å². The van der Waals surface area contributed by atoms with Crippen LogP contribution in [0.4, 0.5) is 0 Å². The molecule has 1 aliphatic carbocycles. The van der Waals surface area contributed by atoms with Crippen molar-refractivity contribution in [3.05, 3.63) is 22.5 Å². The molecule has 2 rings (SSSR count). The van der Waals surface area contributed by atoms with Crippen molar-refractivity contribution in [2.24, 2.45) is 5.73 Å². The van der Waals surface area contributed by atoms with Crippen LogP contribution in [-0.2, 0) is 12.8 Å². The largest absolute Gasteiger partial charge is 0.362 e. The minimum atomic E-state index is 0.507. The van der Waals surface area contributed by atoms with Crippen LogP contribution in [0.5, 0.6) is 0 Å². The minimum absolute atomic E-state index is 0.507. The Kier molecular flexibility index (Phi) is 2.64. The van der Waals surface area contributed by atoms with Crippen LogP contribution in [-0.4, -0.2) is 11.5 Å². The number of H-pyrrole nitrogens is 1. The maximum Gasteiger partial charge on any atom is 0.0184 e. The molecule has 78 valence electrons. The summed E-state index contributed by atoms with van der Waals surface area (Å²) in [4.78, 5) is 3.52. The van der Waals surface area contributed by atoms with Crippen LogP contribution in [0.1, 0.15) is 48.2 Å². The number of nitrogens with two attached hydrogens (primary N) is 1. The van der Waals surface area contributed by atoms with E-state index in [4.69, 9.17) is 5.73 Å². The van der Waals surface area contributed by atoms with Crippen molar-refractivity contribution < 1.29 is 0 Å². The van der Waals surface area contributed by atoms with Crippen LogP contribution < -0.4 is 5.73 Å². The third-order valence-corrected chi connectivity index (χ3v) is 3.38. The van der Waals surface area contributed by atoms with Gasteiger partial charge in [0, 0.05) is 11.4 Å². The van der Waals surface area contributed by atoms with E-state index in [0.29, 0.717) is 5.92 Å². The van der Waals surface area contributed by atoms with Crippen molar-refractivity contribution in [2.45, 2.75) is 45.4 Å². The topological polar surface area (TPSA) is 41.8 Å². The monoisotopic (exact) mass is 192 g/mol. The summed E-state index contributed by atoms with van der Waals surface area (Å²) in [5, 5.41) is 0. The maximum absolute atomic E-state index is 5.75. The molecule has 2 nitrogen and oxygen atoms in total. The molecule has 0 saturated carbocycles. The Labute approximate surface area is 85.9 Å². The molecule has 0 bridgehead atoms. The van der Waals surface area contributed by atoms with Gasteiger partial charge in [-0.15, -0.1) is 0 Å². The predicted octanol–water partition coefficient (Wildman–Crippen LogP) is 2.26. The third kappa shape index (κ3) is 1.48. The number of fused-ring (bicyclic) bond motifs is 1. The van der Waals surface area contributed by atoms with Crippen molar-refractivity contribution in [1.82, 2.24) is 4.98 Å². The van der Waals surface area contributed by atoms with Crippen molar-refractivity contribution >= 4 is 0 Å². The summed E-state index contributed by atoms with van der Waals surface area (Å²) in [5.41, 5.74) is 11.6. The van der Waals surface area contributed by atoms with E-state index in [9.17, 15) is 0 Å². The number of nitrogens with one attached hydrogen (secondary N) is 1. The lowest BCUT2D eigenvalue weighted by atomic mass is 9.89. The Morgan fingerprint density at radius 3 is 2.79 bits per heavy atom. The highest BCUT2D eigenvalue weighted by Crippen LogP contribution is 2.31. The summed E-state index contributed by atoms with van der Waals surface area (Å²) in [6.07, 6.45) is 5.16. The Hall–Kier alpha value is -0.760. The molecule has 0 spiro atoms. The van der Waals surface area contributed by atoms with Gasteiger partial charge in [0.05, 0.1) is 0 Å². The maximum atomic E-state index is 5.75. The Morgan fingerprint density at radius 2 is 2.07 bits per heavy atom. The molecule has 1 heterocycles. The zero-order chi connectivity index (χ0) is 10.1. The molecule has 1 aromatic rings. The predicted molar refractivity (Wildman–Crippen MR) is 59.6 cm³/mol. The van der Waals surface area contributed by atoms with Crippen LogP contribution in [0, 0.1) is 6.92 Å². The van der Waals surface area contributed by atoms with Crippen LogP contribution in [0.25, 0.3) is 0 Å². The van der Waals surface area contributed by atoms with Gasteiger partial charge in [-0.2, -0.15) is 0 Å². The fraction of sp³-hybridized carbons (Fsp3) is 0.667. The zero-order valence-electron chi connectivity index (χ0n) is 9.19.